The van der Waals surface area contributed by atoms with Crippen molar-refractivity contribution in [1.29, 1.82) is 0 Å². The van der Waals surface area contributed by atoms with Crippen LogP contribution in [0.3, 0.4) is 0 Å². The predicted octanol–water partition coefficient (Wildman–Crippen LogP) is 5.22. The minimum absolute atomic E-state index is 0.00937. The van der Waals surface area contributed by atoms with Crippen molar-refractivity contribution in [3.8, 4) is 11.5 Å². The van der Waals surface area contributed by atoms with Crippen LogP contribution in [0.15, 0.2) is 54.6 Å². The molecule has 3 aromatic carbocycles. The summed E-state index contributed by atoms with van der Waals surface area (Å²) in [5.74, 6) is 0.0181. The molecule has 11 heteroatoms. The third kappa shape index (κ3) is 5.07. The average molecular weight is 557 g/mol. The number of carboxylic acid groups (broad SMARTS) is 1. The van der Waals surface area contributed by atoms with E-state index in [1.54, 1.807) is 48.5 Å². The molecule has 0 radical (unpaired) electrons. The molecule has 38 heavy (non-hydrogen) atoms. The molecule has 2 aliphatic rings. The van der Waals surface area contributed by atoms with E-state index in [4.69, 9.17) is 37.4 Å². The van der Waals surface area contributed by atoms with Crippen molar-refractivity contribution in [3.63, 3.8) is 0 Å². The monoisotopic (exact) mass is 556 g/mol. The number of hydrogen-bond donors (Lipinski definition) is 2. The minimum atomic E-state index is -1.22. The van der Waals surface area contributed by atoms with Gasteiger partial charge in [0, 0.05) is 12.0 Å². The Morgan fingerprint density at radius 3 is 2.53 bits per heavy atom. The Bertz CT molecular complexity index is 1430. The zero-order valence-electron chi connectivity index (χ0n) is 20.1. The largest absolute Gasteiger partial charge is 0.489 e. The molecule has 2 atom stereocenters. The van der Waals surface area contributed by atoms with Crippen LogP contribution >= 0.6 is 23.2 Å². The molecule has 0 fully saturated rings. The van der Waals surface area contributed by atoms with Crippen molar-refractivity contribution in [2.45, 2.75) is 31.7 Å². The van der Waals surface area contributed by atoms with Crippen LogP contribution in [0, 0.1) is 0 Å². The molecular weight excluding hydrogens is 535 g/mol. The molecule has 0 saturated heterocycles. The lowest BCUT2D eigenvalue weighted by Crippen LogP contribution is -2.48. The van der Waals surface area contributed by atoms with Crippen molar-refractivity contribution in [3.05, 3.63) is 86.9 Å². The third-order valence-electron chi connectivity index (χ3n) is 6.46. The maximum Gasteiger partial charge on any atom is 0.408 e. The number of esters is 1. The van der Waals surface area contributed by atoms with Gasteiger partial charge in [-0.1, -0.05) is 41.4 Å². The minimum Gasteiger partial charge on any atom is -0.489 e. The highest BCUT2D eigenvalue weighted by molar-refractivity contribution is 6.42. The highest BCUT2D eigenvalue weighted by Crippen LogP contribution is 2.39. The number of anilines is 1. The summed E-state index contributed by atoms with van der Waals surface area (Å²) in [6.07, 6.45) is -2.01. The number of hydrogen-bond acceptors (Lipinski definition) is 6. The quantitative estimate of drug-likeness (QED) is 0.414. The summed E-state index contributed by atoms with van der Waals surface area (Å²) in [5.41, 5.74) is 3.36. The van der Waals surface area contributed by atoms with Crippen LogP contribution in [0.1, 0.15) is 28.4 Å². The van der Waals surface area contributed by atoms with Crippen LogP contribution < -0.4 is 14.8 Å². The Kier molecular flexibility index (Phi) is 7.05. The lowest BCUT2D eigenvalue weighted by Gasteiger charge is -2.34. The molecule has 9 nitrogen and oxygen atoms in total. The van der Waals surface area contributed by atoms with Gasteiger partial charge in [-0.15, -0.1) is 0 Å². The lowest BCUT2D eigenvalue weighted by atomic mass is 9.92. The number of nitrogens with zero attached hydrogens (tertiary/aromatic N) is 1. The Morgan fingerprint density at radius 2 is 1.84 bits per heavy atom. The maximum absolute atomic E-state index is 12.9. The molecule has 2 heterocycles. The smallest absolute Gasteiger partial charge is 0.408 e. The molecule has 0 aromatic heterocycles. The first-order chi connectivity index (χ1) is 18.2. The fourth-order valence-corrected chi connectivity index (χ4v) is 4.81. The van der Waals surface area contributed by atoms with Crippen LogP contribution in [-0.4, -0.2) is 41.1 Å². The molecule has 0 bridgehead atoms. The van der Waals surface area contributed by atoms with Gasteiger partial charge in [-0.25, -0.2) is 9.59 Å². The summed E-state index contributed by atoms with van der Waals surface area (Å²) in [4.78, 5) is 37.8. The standard InChI is InChI=1S/C27H22Cl2N2O7/c1-36-26(33)22-10-16-9-21-23(11-17(16)12-31(22)27(34)35)38-24(25(32)30-21)15-3-5-18(6-4-15)37-13-14-2-7-19(28)20(29)8-14/h2-9,11,22,24H,10,12-13H2,1H3,(H,30,32)(H,34,35)/t22-,24-/m0/s1. The van der Waals surface area contributed by atoms with Gasteiger partial charge < -0.3 is 24.6 Å². The molecular formula is C27H22Cl2N2O7. The summed E-state index contributed by atoms with van der Waals surface area (Å²) in [5, 5.41) is 13.4. The Labute approximate surface area is 227 Å². The molecule has 2 aliphatic heterocycles. The number of benzene rings is 3. The van der Waals surface area contributed by atoms with Gasteiger partial charge >= 0.3 is 12.1 Å². The molecule has 2 amide bonds. The van der Waals surface area contributed by atoms with E-state index in [1.807, 2.05) is 6.07 Å². The van der Waals surface area contributed by atoms with Crippen LogP contribution in [0.2, 0.25) is 10.0 Å². The van der Waals surface area contributed by atoms with E-state index in [9.17, 15) is 19.5 Å². The number of nitrogens with one attached hydrogen (secondary N) is 1. The zero-order chi connectivity index (χ0) is 27.0. The number of methoxy groups -OCH3 is 1. The molecule has 0 saturated carbocycles. The maximum atomic E-state index is 12.9. The summed E-state index contributed by atoms with van der Waals surface area (Å²) >= 11 is 12.0. The third-order valence-corrected chi connectivity index (χ3v) is 7.20. The van der Waals surface area contributed by atoms with Gasteiger partial charge in [0.1, 0.15) is 24.1 Å². The van der Waals surface area contributed by atoms with Gasteiger partial charge in [0.15, 0.2) is 0 Å². The molecule has 0 aliphatic carbocycles. The van der Waals surface area contributed by atoms with Gasteiger partial charge in [-0.3, -0.25) is 9.69 Å². The Hall–Kier alpha value is -3.95. The van der Waals surface area contributed by atoms with E-state index in [2.05, 4.69) is 5.32 Å². The number of ether oxygens (including phenoxy) is 3. The zero-order valence-corrected chi connectivity index (χ0v) is 21.6. The van der Waals surface area contributed by atoms with Crippen molar-refractivity contribution in [2.75, 3.05) is 12.4 Å². The first-order valence-corrected chi connectivity index (χ1v) is 12.4. The van der Waals surface area contributed by atoms with Crippen LogP contribution in [0.4, 0.5) is 10.5 Å². The van der Waals surface area contributed by atoms with Crippen molar-refractivity contribution < 1.29 is 33.7 Å². The first-order valence-electron chi connectivity index (χ1n) is 11.6. The highest BCUT2D eigenvalue weighted by atomic mass is 35.5. The first kappa shape index (κ1) is 25.7. The normalized spacial score (nSPS) is 18.0. The molecule has 3 aromatic rings. The number of halogens is 2. The molecule has 196 valence electrons. The SMILES string of the molecule is COC(=O)[C@@H]1Cc2cc3c(cc2CN1C(=O)O)O[C@@H](c1ccc(OCc2ccc(Cl)c(Cl)c2)cc1)C(=O)N3. The van der Waals surface area contributed by atoms with E-state index in [0.29, 0.717) is 45.0 Å². The fraction of sp³-hybridized carbons (Fsp3) is 0.222. The summed E-state index contributed by atoms with van der Waals surface area (Å²) < 4.78 is 16.6. The lowest BCUT2D eigenvalue weighted by molar-refractivity contribution is -0.146. The number of amides is 2. The molecule has 2 N–H and O–H groups in total. The van der Waals surface area contributed by atoms with Gasteiger partial charge in [-0.2, -0.15) is 0 Å². The Balaban J connectivity index is 1.31. The molecule has 0 unspecified atom stereocenters. The average Bonchev–Trinajstić information content (AvgIpc) is 2.91. The number of fused-ring (bicyclic) bond motifs is 2. The predicted molar refractivity (Wildman–Crippen MR) is 139 cm³/mol. The van der Waals surface area contributed by atoms with E-state index in [1.165, 1.54) is 7.11 Å². The van der Waals surface area contributed by atoms with Crippen LogP contribution in [0.25, 0.3) is 0 Å². The molecule has 5 rings (SSSR count). The van der Waals surface area contributed by atoms with E-state index >= 15 is 0 Å². The van der Waals surface area contributed by atoms with Crippen molar-refractivity contribution in [2.24, 2.45) is 0 Å². The second-order valence-electron chi connectivity index (χ2n) is 8.86. The number of carbonyl (C=O) groups is 3. The second-order valence-corrected chi connectivity index (χ2v) is 9.68. The fourth-order valence-electron chi connectivity index (χ4n) is 4.49. The topological polar surface area (TPSA) is 114 Å². The summed E-state index contributed by atoms with van der Waals surface area (Å²) in [7, 11) is 1.22. The van der Waals surface area contributed by atoms with Crippen LogP contribution in [0.5, 0.6) is 11.5 Å². The van der Waals surface area contributed by atoms with Gasteiger partial charge in [-0.05, 0) is 53.1 Å². The highest BCUT2D eigenvalue weighted by Gasteiger charge is 2.37. The van der Waals surface area contributed by atoms with Gasteiger partial charge in [0.05, 0.1) is 29.4 Å². The van der Waals surface area contributed by atoms with E-state index in [0.717, 1.165) is 16.0 Å². The van der Waals surface area contributed by atoms with Gasteiger partial charge in [0.2, 0.25) is 6.10 Å². The summed E-state index contributed by atoms with van der Waals surface area (Å²) in [6, 6.07) is 14.7. The van der Waals surface area contributed by atoms with Crippen molar-refractivity contribution in [1.82, 2.24) is 4.90 Å². The summed E-state index contributed by atoms with van der Waals surface area (Å²) in [6.45, 7) is 0.282. The number of carbonyl (C=O) groups excluding carboxylic acids is 2. The Morgan fingerprint density at radius 1 is 1.08 bits per heavy atom. The van der Waals surface area contributed by atoms with Gasteiger partial charge in [0.25, 0.3) is 5.91 Å². The van der Waals surface area contributed by atoms with Crippen LogP contribution in [-0.2, 0) is 33.9 Å². The van der Waals surface area contributed by atoms with E-state index < -0.39 is 24.2 Å². The van der Waals surface area contributed by atoms with Crippen molar-refractivity contribution >= 4 is 46.9 Å². The molecule has 0 spiro atoms. The number of rotatable bonds is 5. The van der Waals surface area contributed by atoms with E-state index in [-0.39, 0.29) is 18.9 Å². The second kappa shape index (κ2) is 10.4.